The van der Waals surface area contributed by atoms with E-state index in [0.29, 0.717) is 39.0 Å². The molecule has 20 heavy (non-hydrogen) atoms. The van der Waals surface area contributed by atoms with Gasteiger partial charge in [-0.25, -0.2) is 0 Å². The summed E-state index contributed by atoms with van der Waals surface area (Å²) < 4.78 is 10.6. The van der Waals surface area contributed by atoms with Gasteiger partial charge in [-0.1, -0.05) is 0 Å². The van der Waals surface area contributed by atoms with Crippen molar-refractivity contribution in [1.82, 2.24) is 9.80 Å². The van der Waals surface area contributed by atoms with Crippen LogP contribution in [0.25, 0.3) is 0 Å². The fourth-order valence-corrected chi connectivity index (χ4v) is 4.08. The van der Waals surface area contributed by atoms with Gasteiger partial charge < -0.3 is 14.4 Å². The van der Waals surface area contributed by atoms with E-state index in [4.69, 9.17) is 9.47 Å². The molecule has 0 aromatic carbocycles. The maximum Gasteiger partial charge on any atom is 0.237 e. The van der Waals surface area contributed by atoms with Crippen LogP contribution in [-0.2, 0) is 14.3 Å². The highest BCUT2D eigenvalue weighted by atomic mass is 32.2. The van der Waals surface area contributed by atoms with E-state index in [-0.39, 0.29) is 11.9 Å². The summed E-state index contributed by atoms with van der Waals surface area (Å²) in [7, 11) is 3.76. The average Bonchev–Trinajstić information content (AvgIpc) is 2.99. The van der Waals surface area contributed by atoms with Crippen LogP contribution in [0.3, 0.4) is 0 Å². The number of likely N-dealkylation sites (N-methyl/N-ethyl adjacent to an activating group) is 1. The Kier molecular flexibility index (Phi) is 6.61. The third kappa shape index (κ3) is 4.35. The fourth-order valence-electron chi connectivity index (χ4n) is 2.78. The zero-order chi connectivity index (χ0) is 14.4. The zero-order valence-corrected chi connectivity index (χ0v) is 13.4. The van der Waals surface area contributed by atoms with E-state index in [9.17, 15) is 4.79 Å². The summed E-state index contributed by atoms with van der Waals surface area (Å²) in [5.74, 6) is 2.60. The summed E-state index contributed by atoms with van der Waals surface area (Å²) in [5.41, 5.74) is 0. The third-order valence-electron chi connectivity index (χ3n) is 4.12. The van der Waals surface area contributed by atoms with Gasteiger partial charge in [-0.15, -0.1) is 0 Å². The predicted octanol–water partition coefficient (Wildman–Crippen LogP) is 0.688. The van der Waals surface area contributed by atoms with Gasteiger partial charge in [-0.3, -0.25) is 9.69 Å². The molecule has 2 atom stereocenters. The second kappa shape index (κ2) is 8.22. The van der Waals surface area contributed by atoms with Gasteiger partial charge in [0.25, 0.3) is 0 Å². The number of nitrogens with zero attached hydrogens (tertiary/aromatic N) is 2. The first kappa shape index (κ1) is 16.1. The lowest BCUT2D eigenvalue weighted by atomic mass is 10.1. The van der Waals surface area contributed by atoms with Crippen LogP contribution in [0.2, 0.25) is 0 Å². The molecule has 6 heteroatoms. The van der Waals surface area contributed by atoms with Crippen molar-refractivity contribution in [3.05, 3.63) is 0 Å². The largest absolute Gasteiger partial charge is 0.385 e. The highest BCUT2D eigenvalue weighted by molar-refractivity contribution is 7.99. The lowest BCUT2D eigenvalue weighted by molar-refractivity contribution is -0.141. The Morgan fingerprint density at radius 3 is 3.10 bits per heavy atom. The van der Waals surface area contributed by atoms with Crippen molar-refractivity contribution in [3.8, 4) is 0 Å². The smallest absolute Gasteiger partial charge is 0.237 e. The van der Waals surface area contributed by atoms with Crippen molar-refractivity contribution < 1.29 is 14.3 Å². The van der Waals surface area contributed by atoms with Crippen LogP contribution in [0.5, 0.6) is 0 Å². The molecule has 0 aromatic heterocycles. The molecule has 0 saturated carbocycles. The standard InChI is InChI=1S/C14H26N2O3S/c1-15(13-4-8-20-11-13)9-14(17)16-5-7-19-10-12(16)3-6-18-2/h12-13H,3-11H2,1-2H3. The monoisotopic (exact) mass is 302 g/mol. The highest BCUT2D eigenvalue weighted by Gasteiger charge is 2.29. The Balaban J connectivity index is 1.84. The Morgan fingerprint density at radius 2 is 2.40 bits per heavy atom. The molecule has 0 spiro atoms. The van der Waals surface area contributed by atoms with Crippen molar-refractivity contribution in [2.45, 2.75) is 24.9 Å². The Bertz CT molecular complexity index is 311. The number of hydrogen-bond acceptors (Lipinski definition) is 5. The first-order valence-electron chi connectivity index (χ1n) is 7.36. The molecule has 5 nitrogen and oxygen atoms in total. The SMILES string of the molecule is COCCC1COCCN1C(=O)CN(C)C1CCSC1. The molecule has 2 aliphatic heterocycles. The molecule has 1 amide bonds. The van der Waals surface area contributed by atoms with Crippen LogP contribution < -0.4 is 0 Å². The predicted molar refractivity (Wildman–Crippen MR) is 81.2 cm³/mol. The van der Waals surface area contributed by atoms with Crippen LogP contribution in [0.15, 0.2) is 0 Å². The maximum atomic E-state index is 12.5. The van der Waals surface area contributed by atoms with E-state index in [1.165, 1.54) is 12.2 Å². The van der Waals surface area contributed by atoms with Gasteiger partial charge in [0, 0.05) is 32.1 Å². The van der Waals surface area contributed by atoms with Crippen LogP contribution >= 0.6 is 11.8 Å². The van der Waals surface area contributed by atoms with Crippen LogP contribution in [0, 0.1) is 0 Å². The molecule has 0 N–H and O–H groups in total. The van der Waals surface area contributed by atoms with Gasteiger partial charge in [0.1, 0.15) is 0 Å². The molecule has 2 saturated heterocycles. The van der Waals surface area contributed by atoms with Gasteiger partial charge >= 0.3 is 0 Å². The Morgan fingerprint density at radius 1 is 1.55 bits per heavy atom. The number of ether oxygens (including phenoxy) is 2. The molecule has 0 aromatic rings. The first-order valence-corrected chi connectivity index (χ1v) is 8.52. The van der Waals surface area contributed by atoms with Crippen molar-refractivity contribution in [3.63, 3.8) is 0 Å². The van der Waals surface area contributed by atoms with Crippen molar-refractivity contribution in [2.75, 3.05) is 58.6 Å². The molecule has 2 rings (SSSR count). The second-order valence-corrected chi connectivity index (χ2v) is 6.68. The Labute approximate surface area is 126 Å². The van der Waals surface area contributed by atoms with Crippen LogP contribution in [-0.4, -0.2) is 86.4 Å². The normalized spacial score (nSPS) is 27.2. The molecule has 0 aliphatic carbocycles. The summed E-state index contributed by atoms with van der Waals surface area (Å²) in [6.45, 7) is 3.19. The number of thioether (sulfide) groups is 1. The van der Waals surface area contributed by atoms with Gasteiger partial charge in [0.05, 0.1) is 25.8 Å². The summed E-state index contributed by atoms with van der Waals surface area (Å²) >= 11 is 1.98. The highest BCUT2D eigenvalue weighted by Crippen LogP contribution is 2.21. The molecular weight excluding hydrogens is 276 g/mol. The molecular formula is C14H26N2O3S. The minimum absolute atomic E-state index is 0.169. The van der Waals surface area contributed by atoms with E-state index < -0.39 is 0 Å². The molecule has 2 fully saturated rings. The number of carbonyl (C=O) groups excluding carboxylic acids is 1. The molecule has 2 aliphatic rings. The molecule has 116 valence electrons. The lowest BCUT2D eigenvalue weighted by Gasteiger charge is -2.37. The zero-order valence-electron chi connectivity index (χ0n) is 12.5. The average molecular weight is 302 g/mol. The summed E-state index contributed by atoms with van der Waals surface area (Å²) in [5, 5.41) is 0. The quantitative estimate of drug-likeness (QED) is 0.722. The van der Waals surface area contributed by atoms with E-state index in [0.717, 1.165) is 12.2 Å². The molecule has 0 bridgehead atoms. The van der Waals surface area contributed by atoms with E-state index in [2.05, 4.69) is 11.9 Å². The number of amides is 1. The number of methoxy groups -OCH3 is 1. The van der Waals surface area contributed by atoms with Gasteiger partial charge in [0.15, 0.2) is 0 Å². The van der Waals surface area contributed by atoms with Crippen molar-refractivity contribution in [2.24, 2.45) is 0 Å². The molecule has 2 unspecified atom stereocenters. The molecule has 2 heterocycles. The summed E-state index contributed by atoms with van der Waals surface area (Å²) in [6.07, 6.45) is 2.05. The first-order chi connectivity index (χ1) is 9.72. The fraction of sp³-hybridized carbons (Fsp3) is 0.929. The summed E-state index contributed by atoms with van der Waals surface area (Å²) in [4.78, 5) is 16.7. The van der Waals surface area contributed by atoms with Gasteiger partial charge in [-0.05, 0) is 25.6 Å². The van der Waals surface area contributed by atoms with Gasteiger partial charge in [-0.2, -0.15) is 11.8 Å². The van der Waals surface area contributed by atoms with Crippen molar-refractivity contribution in [1.29, 1.82) is 0 Å². The summed E-state index contributed by atoms with van der Waals surface area (Å²) in [6, 6.07) is 0.727. The maximum absolute atomic E-state index is 12.5. The van der Waals surface area contributed by atoms with Crippen LogP contribution in [0.4, 0.5) is 0 Å². The Hall–Kier alpha value is -0.300. The molecule has 0 radical (unpaired) electrons. The van der Waals surface area contributed by atoms with E-state index in [1.54, 1.807) is 7.11 Å². The van der Waals surface area contributed by atoms with Gasteiger partial charge in [0.2, 0.25) is 5.91 Å². The third-order valence-corrected chi connectivity index (χ3v) is 5.26. The number of morpholine rings is 1. The number of carbonyl (C=O) groups is 1. The number of hydrogen-bond donors (Lipinski definition) is 0. The second-order valence-electron chi connectivity index (χ2n) is 5.53. The lowest BCUT2D eigenvalue weighted by Crippen LogP contribution is -2.52. The van der Waals surface area contributed by atoms with Crippen LogP contribution in [0.1, 0.15) is 12.8 Å². The van der Waals surface area contributed by atoms with E-state index in [1.807, 2.05) is 16.7 Å². The number of rotatable bonds is 6. The minimum atomic E-state index is 0.169. The van der Waals surface area contributed by atoms with Crippen molar-refractivity contribution >= 4 is 17.7 Å². The van der Waals surface area contributed by atoms with E-state index >= 15 is 0 Å². The minimum Gasteiger partial charge on any atom is -0.385 e. The topological polar surface area (TPSA) is 42.0 Å².